The van der Waals surface area contributed by atoms with Gasteiger partial charge in [0.1, 0.15) is 0 Å². The van der Waals surface area contributed by atoms with Crippen molar-refractivity contribution >= 4 is 0 Å². The molecule has 4 fully saturated rings. The van der Waals surface area contributed by atoms with Gasteiger partial charge in [0.15, 0.2) is 0 Å². The lowest BCUT2D eigenvalue weighted by Gasteiger charge is -2.58. The molecule has 0 unspecified atom stereocenters. The summed E-state index contributed by atoms with van der Waals surface area (Å²) in [6.45, 7) is 6.55. The minimum absolute atomic E-state index is 0.520. The van der Waals surface area contributed by atoms with E-state index in [1.165, 1.54) is 57.9 Å². The van der Waals surface area contributed by atoms with E-state index in [1.54, 1.807) is 0 Å². The van der Waals surface area contributed by atoms with Crippen LogP contribution >= 0.6 is 0 Å². The van der Waals surface area contributed by atoms with Crippen LogP contribution in [0.15, 0.2) is 11.6 Å². The summed E-state index contributed by atoms with van der Waals surface area (Å²) in [5.74, 6) is 3.96. The lowest BCUT2D eigenvalue weighted by atomic mass is 9.47. The van der Waals surface area contributed by atoms with Gasteiger partial charge in [0.25, 0.3) is 0 Å². The van der Waals surface area contributed by atoms with E-state index in [2.05, 4.69) is 44.2 Å². The Hall–Kier alpha value is -0.340. The van der Waals surface area contributed by atoms with Gasteiger partial charge in [-0.05, 0) is 107 Å². The molecule has 25 heavy (non-hydrogen) atoms. The fraction of sp³-hybridized carbons (Fsp3) is 0.913. The molecule has 1 saturated heterocycles. The van der Waals surface area contributed by atoms with Crippen molar-refractivity contribution in [3.63, 3.8) is 0 Å². The van der Waals surface area contributed by atoms with Gasteiger partial charge in [-0.15, -0.1) is 0 Å². The molecular weight excluding hydrogens is 304 g/mol. The fourth-order valence-electron chi connectivity index (χ4n) is 8.71. The summed E-state index contributed by atoms with van der Waals surface area (Å²) in [4.78, 5) is 2.70. The van der Waals surface area contributed by atoms with Gasteiger partial charge in [0, 0.05) is 18.6 Å². The number of hydrogen-bond donors (Lipinski definition) is 1. The Bertz CT molecular complexity index is 583. The van der Waals surface area contributed by atoms with Gasteiger partial charge in [0.05, 0.1) is 0 Å². The maximum atomic E-state index is 3.56. The molecule has 0 amide bonds. The van der Waals surface area contributed by atoms with Crippen LogP contribution in [0.2, 0.25) is 0 Å². The zero-order valence-corrected chi connectivity index (χ0v) is 16.9. The highest BCUT2D eigenvalue weighted by Gasteiger charge is 2.63. The Labute approximate surface area is 154 Å². The van der Waals surface area contributed by atoms with E-state index in [-0.39, 0.29) is 0 Å². The molecule has 1 heterocycles. The zero-order chi connectivity index (χ0) is 17.4. The Morgan fingerprint density at radius 3 is 2.68 bits per heavy atom. The van der Waals surface area contributed by atoms with Crippen molar-refractivity contribution in [2.45, 2.75) is 77.3 Å². The normalized spacial score (nSPS) is 55.1. The number of allylic oxidation sites excluding steroid dienone is 1. The van der Waals surface area contributed by atoms with Gasteiger partial charge >= 0.3 is 0 Å². The molecule has 1 spiro atoms. The zero-order valence-electron chi connectivity index (χ0n) is 16.9. The lowest BCUT2D eigenvalue weighted by molar-refractivity contribution is -0.0403. The molecule has 0 aromatic rings. The molecule has 8 atom stereocenters. The Morgan fingerprint density at radius 1 is 1.08 bits per heavy atom. The number of rotatable bonds is 1. The lowest BCUT2D eigenvalue weighted by Crippen LogP contribution is -2.52. The summed E-state index contributed by atoms with van der Waals surface area (Å²) in [6, 6.07) is 1.55. The van der Waals surface area contributed by atoms with Crippen molar-refractivity contribution in [2.24, 2.45) is 34.5 Å². The first kappa shape index (κ1) is 16.8. The summed E-state index contributed by atoms with van der Waals surface area (Å²) in [7, 11) is 4.54. The number of likely N-dealkylation sites (tertiary alicyclic amines) is 1. The second-order valence-electron chi connectivity index (χ2n) is 10.6. The van der Waals surface area contributed by atoms with E-state index < -0.39 is 0 Å². The summed E-state index contributed by atoms with van der Waals surface area (Å²) in [6.07, 6.45) is 14.3. The Kier molecular flexibility index (Phi) is 3.75. The number of fused-ring (bicyclic) bond motifs is 4. The van der Waals surface area contributed by atoms with Crippen molar-refractivity contribution in [1.82, 2.24) is 10.2 Å². The minimum atomic E-state index is 0.520. The first-order valence-electron chi connectivity index (χ1n) is 11.1. The summed E-state index contributed by atoms with van der Waals surface area (Å²) in [5, 5.41) is 3.56. The van der Waals surface area contributed by atoms with Crippen molar-refractivity contribution in [3.8, 4) is 0 Å². The van der Waals surface area contributed by atoms with E-state index in [9.17, 15) is 0 Å². The van der Waals surface area contributed by atoms with Crippen LogP contribution in [0.1, 0.15) is 65.2 Å². The number of hydrogen-bond acceptors (Lipinski definition) is 2. The summed E-state index contributed by atoms with van der Waals surface area (Å²) in [5.41, 5.74) is 3.02. The molecule has 5 aliphatic rings. The molecule has 140 valence electrons. The van der Waals surface area contributed by atoms with Crippen LogP contribution in [-0.4, -0.2) is 37.6 Å². The van der Waals surface area contributed by atoms with Crippen LogP contribution in [0.5, 0.6) is 0 Å². The molecule has 4 aliphatic carbocycles. The first-order chi connectivity index (χ1) is 12.0. The van der Waals surface area contributed by atoms with Crippen LogP contribution in [0, 0.1) is 34.5 Å². The first-order valence-corrected chi connectivity index (χ1v) is 11.1. The van der Waals surface area contributed by atoms with Crippen molar-refractivity contribution in [1.29, 1.82) is 0 Å². The highest BCUT2D eigenvalue weighted by atomic mass is 15.2. The number of nitrogens with one attached hydrogen (secondary N) is 1. The smallest absolute Gasteiger partial charge is 0.0102 e. The fourth-order valence-corrected chi connectivity index (χ4v) is 8.71. The summed E-state index contributed by atoms with van der Waals surface area (Å²) >= 11 is 0. The van der Waals surface area contributed by atoms with E-state index >= 15 is 0 Å². The van der Waals surface area contributed by atoms with Gasteiger partial charge in [-0.3, -0.25) is 0 Å². The molecule has 1 N–H and O–H groups in total. The van der Waals surface area contributed by atoms with Crippen molar-refractivity contribution in [2.75, 3.05) is 20.6 Å². The largest absolute Gasteiger partial charge is 0.317 e. The topological polar surface area (TPSA) is 15.3 Å². The van der Waals surface area contributed by atoms with E-state index in [0.29, 0.717) is 10.8 Å². The predicted molar refractivity (Wildman–Crippen MR) is 104 cm³/mol. The molecule has 2 heteroatoms. The third-order valence-corrected chi connectivity index (χ3v) is 10.1. The van der Waals surface area contributed by atoms with E-state index in [0.717, 1.165) is 35.8 Å². The average molecular weight is 343 g/mol. The molecule has 5 rings (SSSR count). The quantitative estimate of drug-likeness (QED) is 0.707. The molecule has 0 aromatic heterocycles. The molecule has 1 aliphatic heterocycles. The molecular formula is C23H38N2. The molecule has 0 radical (unpaired) electrons. The van der Waals surface area contributed by atoms with Gasteiger partial charge in [0.2, 0.25) is 0 Å². The third kappa shape index (κ3) is 2.10. The predicted octanol–water partition coefficient (Wildman–Crippen LogP) is 4.47. The van der Waals surface area contributed by atoms with Crippen LogP contribution < -0.4 is 5.32 Å². The van der Waals surface area contributed by atoms with Gasteiger partial charge in [-0.25, -0.2) is 0 Å². The standard InChI is InChI=1S/C23H38N2/c1-15-19-7-8-21-18-6-5-16-13-17(24-3)9-11-22(16,2)20(18)10-12-23(19,21)14-25(15)4/h5,15,17-21,24H,6-14H2,1-4H3/t15-,17-,18+,19+,20-,21-,22-,23-/m0/s1. The maximum Gasteiger partial charge on any atom is 0.0102 e. The van der Waals surface area contributed by atoms with Gasteiger partial charge < -0.3 is 10.2 Å². The van der Waals surface area contributed by atoms with Crippen molar-refractivity contribution in [3.05, 3.63) is 11.6 Å². The second kappa shape index (κ2) is 5.58. The maximum absolute atomic E-state index is 3.56. The van der Waals surface area contributed by atoms with Gasteiger partial charge in [-0.1, -0.05) is 18.6 Å². The average Bonchev–Trinajstić information content (AvgIpc) is 3.09. The highest BCUT2D eigenvalue weighted by molar-refractivity contribution is 5.26. The third-order valence-electron chi connectivity index (χ3n) is 10.1. The van der Waals surface area contributed by atoms with Crippen LogP contribution in [0.25, 0.3) is 0 Å². The second-order valence-corrected chi connectivity index (χ2v) is 10.6. The Balaban J connectivity index is 1.47. The minimum Gasteiger partial charge on any atom is -0.317 e. The van der Waals surface area contributed by atoms with E-state index in [4.69, 9.17) is 0 Å². The Morgan fingerprint density at radius 2 is 1.88 bits per heavy atom. The highest BCUT2D eigenvalue weighted by Crippen LogP contribution is 2.68. The SMILES string of the molecule is CN[C@H]1CC[C@@]2(C)C(=CC[C@H]3[C@@H]4CC[C@@H]5[C@H](C)N(C)C[C@@]54CC[C@@H]32)C1. The van der Waals surface area contributed by atoms with Gasteiger partial charge in [-0.2, -0.15) is 0 Å². The number of nitrogens with zero attached hydrogens (tertiary/aromatic N) is 1. The van der Waals surface area contributed by atoms with Crippen LogP contribution in [-0.2, 0) is 0 Å². The van der Waals surface area contributed by atoms with Crippen LogP contribution in [0.4, 0.5) is 0 Å². The monoisotopic (exact) mass is 342 g/mol. The van der Waals surface area contributed by atoms with Crippen LogP contribution in [0.3, 0.4) is 0 Å². The molecule has 0 bridgehead atoms. The molecule has 2 nitrogen and oxygen atoms in total. The molecule has 3 saturated carbocycles. The summed E-state index contributed by atoms with van der Waals surface area (Å²) < 4.78 is 0. The molecule has 0 aromatic carbocycles. The van der Waals surface area contributed by atoms with E-state index in [1.807, 2.05) is 5.57 Å². The van der Waals surface area contributed by atoms with Crippen molar-refractivity contribution < 1.29 is 0 Å².